The predicted octanol–water partition coefficient (Wildman–Crippen LogP) is 2.72. The van der Waals surface area contributed by atoms with Crippen molar-refractivity contribution in [3.05, 3.63) is 15.4 Å². The first-order valence-electron chi connectivity index (χ1n) is 10.3. The highest BCUT2D eigenvalue weighted by Gasteiger charge is 2.60. The zero-order valence-electron chi connectivity index (χ0n) is 17.3. The van der Waals surface area contributed by atoms with Gasteiger partial charge in [0, 0.05) is 36.7 Å². The van der Waals surface area contributed by atoms with Gasteiger partial charge in [-0.1, -0.05) is 0 Å². The minimum atomic E-state index is -0.405. The Balaban J connectivity index is 1.68. The highest BCUT2D eigenvalue weighted by Crippen LogP contribution is 2.62. The number of ether oxygens (including phenoxy) is 1. The molecule has 2 unspecified atom stereocenters. The first-order valence-corrected chi connectivity index (χ1v) is 11.1. The van der Waals surface area contributed by atoms with Crippen molar-refractivity contribution in [2.24, 2.45) is 22.2 Å². The summed E-state index contributed by atoms with van der Waals surface area (Å²) in [5.74, 6) is 1.09. The van der Waals surface area contributed by atoms with Crippen LogP contribution in [0.2, 0.25) is 0 Å². The second-order valence-electron chi connectivity index (χ2n) is 9.29. The maximum absolute atomic E-state index is 13.5. The molecular weight excluding hydrogens is 374 g/mol. The summed E-state index contributed by atoms with van der Waals surface area (Å²) < 4.78 is 7.34. The van der Waals surface area contributed by atoms with Crippen LogP contribution in [-0.2, 0) is 20.9 Å². The van der Waals surface area contributed by atoms with Crippen LogP contribution in [0.15, 0.2) is 4.99 Å². The van der Waals surface area contributed by atoms with Crippen LogP contribution in [0.3, 0.4) is 0 Å². The van der Waals surface area contributed by atoms with Crippen molar-refractivity contribution in [2.45, 2.75) is 71.4 Å². The Morgan fingerprint density at radius 2 is 1.93 bits per heavy atom. The number of nitrogens with one attached hydrogen (secondary N) is 1. The minimum absolute atomic E-state index is 0.0170. The summed E-state index contributed by atoms with van der Waals surface area (Å²) in [5.41, 5.74) is 0.542. The van der Waals surface area contributed by atoms with E-state index in [1.165, 1.54) is 11.3 Å². The number of rotatable bonds is 5. The van der Waals surface area contributed by atoms with Crippen molar-refractivity contribution in [2.75, 3.05) is 13.7 Å². The molecule has 1 aromatic rings. The fourth-order valence-electron chi connectivity index (χ4n) is 6.37. The molecule has 2 atom stereocenters. The highest BCUT2D eigenvalue weighted by molar-refractivity contribution is 7.09. The fourth-order valence-corrected chi connectivity index (χ4v) is 7.37. The molecule has 1 aromatic heterocycles. The van der Waals surface area contributed by atoms with Crippen molar-refractivity contribution in [1.29, 1.82) is 0 Å². The Hall–Kier alpha value is -1.47. The number of aromatic nitrogens is 1. The topological polar surface area (TPSA) is 72.7 Å². The summed E-state index contributed by atoms with van der Waals surface area (Å²) in [6, 6.07) is 0. The van der Waals surface area contributed by atoms with Gasteiger partial charge in [0.15, 0.2) is 4.80 Å². The van der Waals surface area contributed by atoms with E-state index >= 15 is 0 Å². The summed E-state index contributed by atoms with van der Waals surface area (Å²) in [7, 11) is 1.69. The van der Waals surface area contributed by atoms with Crippen molar-refractivity contribution in [3.63, 3.8) is 0 Å². The second kappa shape index (κ2) is 7.10. The number of nitrogens with zero attached hydrogens (tertiary/aromatic N) is 2. The number of hydrogen-bond donors (Lipinski definition) is 1. The van der Waals surface area contributed by atoms with Crippen LogP contribution < -0.4 is 10.1 Å². The average Bonchev–Trinajstić information content (AvgIpc) is 2.84. The smallest absolute Gasteiger partial charge is 0.254 e. The molecule has 4 aliphatic carbocycles. The van der Waals surface area contributed by atoms with Gasteiger partial charge in [-0.05, 0) is 64.2 Å². The van der Waals surface area contributed by atoms with Gasteiger partial charge >= 0.3 is 0 Å². The van der Waals surface area contributed by atoms with E-state index in [9.17, 15) is 9.59 Å². The Labute approximate surface area is 170 Å². The Morgan fingerprint density at radius 3 is 2.54 bits per heavy atom. The first-order chi connectivity index (χ1) is 13.3. The van der Waals surface area contributed by atoms with Crippen molar-refractivity contribution in [3.8, 4) is 0 Å². The molecular formula is C21H31N3O3S. The van der Waals surface area contributed by atoms with E-state index in [0.29, 0.717) is 25.0 Å². The minimum Gasteiger partial charge on any atom is -0.383 e. The third-order valence-corrected chi connectivity index (χ3v) is 8.16. The molecule has 0 saturated heterocycles. The summed E-state index contributed by atoms with van der Waals surface area (Å²) in [6.07, 6.45) is 5.83. The number of thiazole rings is 1. The van der Waals surface area contributed by atoms with E-state index in [4.69, 9.17) is 4.74 Å². The van der Waals surface area contributed by atoms with Gasteiger partial charge in [-0.3, -0.25) is 9.59 Å². The van der Waals surface area contributed by atoms with E-state index in [0.717, 1.165) is 42.6 Å². The Kier molecular flexibility index (Phi) is 5.02. The summed E-state index contributed by atoms with van der Waals surface area (Å²) in [5, 5.41) is 3.23. The number of hydrogen-bond acceptors (Lipinski definition) is 4. The number of carbonyl (C=O) groups is 2. The lowest BCUT2D eigenvalue weighted by atomic mass is 9.46. The van der Waals surface area contributed by atoms with Gasteiger partial charge in [0.05, 0.1) is 12.0 Å². The van der Waals surface area contributed by atoms with Crippen LogP contribution >= 0.6 is 11.3 Å². The summed E-state index contributed by atoms with van der Waals surface area (Å²) in [4.78, 5) is 32.0. The second-order valence-corrected chi connectivity index (χ2v) is 10.5. The zero-order chi connectivity index (χ0) is 20.1. The SMILES string of the molecule is COCCn1c(C)c(C)sc1=NC(=O)C12CC3CC(CC(NC(C)=O)(C3)C1)C2. The normalized spacial score (nSPS) is 34.1. The largest absolute Gasteiger partial charge is 0.383 e. The van der Waals surface area contributed by atoms with Gasteiger partial charge in [-0.2, -0.15) is 4.99 Å². The number of carbonyl (C=O) groups excluding carboxylic acids is 2. The monoisotopic (exact) mass is 405 g/mol. The molecule has 1 heterocycles. The van der Waals surface area contributed by atoms with E-state index < -0.39 is 5.41 Å². The van der Waals surface area contributed by atoms with Crippen LogP contribution in [0.1, 0.15) is 56.0 Å². The molecule has 0 radical (unpaired) electrons. The highest BCUT2D eigenvalue weighted by atomic mass is 32.1. The molecule has 4 fully saturated rings. The van der Waals surface area contributed by atoms with Gasteiger partial charge in [-0.15, -0.1) is 11.3 Å². The van der Waals surface area contributed by atoms with Crippen LogP contribution in [0, 0.1) is 31.1 Å². The lowest BCUT2D eigenvalue weighted by Crippen LogP contribution is -2.64. The maximum Gasteiger partial charge on any atom is 0.254 e. The molecule has 0 aromatic carbocycles. The van der Waals surface area contributed by atoms with Gasteiger partial charge in [0.2, 0.25) is 5.91 Å². The Morgan fingerprint density at radius 1 is 1.25 bits per heavy atom. The number of aryl methyl sites for hydroxylation is 1. The molecule has 6 nitrogen and oxygen atoms in total. The van der Waals surface area contributed by atoms with Crippen molar-refractivity contribution in [1.82, 2.24) is 9.88 Å². The van der Waals surface area contributed by atoms with E-state index in [2.05, 4.69) is 28.7 Å². The lowest BCUT2D eigenvalue weighted by molar-refractivity contribution is -0.150. The molecule has 0 spiro atoms. The van der Waals surface area contributed by atoms with E-state index in [1.54, 1.807) is 25.4 Å². The maximum atomic E-state index is 13.5. The first kappa shape index (κ1) is 19.8. The lowest BCUT2D eigenvalue weighted by Gasteiger charge is -2.60. The molecule has 1 N–H and O–H groups in total. The van der Waals surface area contributed by atoms with Crippen LogP contribution in [-0.4, -0.2) is 35.6 Å². The van der Waals surface area contributed by atoms with Crippen molar-refractivity contribution >= 4 is 23.2 Å². The third kappa shape index (κ3) is 3.36. The molecule has 154 valence electrons. The molecule has 2 amide bonds. The molecule has 4 bridgehead atoms. The van der Waals surface area contributed by atoms with Crippen LogP contribution in [0.4, 0.5) is 0 Å². The summed E-state index contributed by atoms with van der Waals surface area (Å²) in [6.45, 7) is 7.03. The van der Waals surface area contributed by atoms with E-state index in [1.807, 2.05) is 0 Å². The quantitative estimate of drug-likeness (QED) is 0.819. The predicted molar refractivity (Wildman–Crippen MR) is 108 cm³/mol. The average molecular weight is 406 g/mol. The zero-order valence-corrected chi connectivity index (χ0v) is 18.2. The fraction of sp³-hybridized carbons (Fsp3) is 0.762. The van der Waals surface area contributed by atoms with Gasteiger partial charge in [0.1, 0.15) is 0 Å². The molecule has 0 aliphatic heterocycles. The number of methoxy groups -OCH3 is 1. The molecule has 7 heteroatoms. The van der Waals surface area contributed by atoms with Gasteiger partial charge in [0.25, 0.3) is 5.91 Å². The van der Waals surface area contributed by atoms with Gasteiger partial charge < -0.3 is 14.6 Å². The molecule has 4 saturated carbocycles. The van der Waals surface area contributed by atoms with E-state index in [-0.39, 0.29) is 17.4 Å². The molecule has 5 rings (SSSR count). The summed E-state index contributed by atoms with van der Waals surface area (Å²) >= 11 is 1.58. The van der Waals surface area contributed by atoms with Crippen molar-refractivity contribution < 1.29 is 14.3 Å². The van der Waals surface area contributed by atoms with Crippen LogP contribution in [0.25, 0.3) is 0 Å². The molecule has 4 aliphatic rings. The van der Waals surface area contributed by atoms with Crippen LogP contribution in [0.5, 0.6) is 0 Å². The standard InChI is InChI=1S/C21H31N3O3S/c1-13-14(2)28-19(24(13)5-6-27-4)22-18(26)20-8-16-7-17(9-20)11-21(10-16,12-20)23-15(3)25/h16-17H,5-12H2,1-4H3,(H,23,25). The van der Waals surface area contributed by atoms with Gasteiger partial charge in [-0.25, -0.2) is 0 Å². The number of amides is 2. The molecule has 28 heavy (non-hydrogen) atoms. The Bertz CT molecular complexity index is 855. The third-order valence-electron chi connectivity index (χ3n) is 7.06.